The number of nitrogens with zero attached hydrogens (tertiary/aromatic N) is 2. The second-order valence-electron chi connectivity index (χ2n) is 5.33. The first kappa shape index (κ1) is 17.7. The van der Waals surface area contributed by atoms with E-state index in [1.807, 2.05) is 17.0 Å². The lowest BCUT2D eigenvalue weighted by Crippen LogP contribution is -2.45. The Morgan fingerprint density at radius 2 is 1.96 bits per heavy atom. The third-order valence-corrected chi connectivity index (χ3v) is 3.89. The zero-order valence-corrected chi connectivity index (χ0v) is 13.1. The van der Waals surface area contributed by atoms with Gasteiger partial charge in [-0.1, -0.05) is 6.07 Å². The van der Waals surface area contributed by atoms with Crippen molar-refractivity contribution in [2.45, 2.75) is 12.6 Å². The molecule has 3 nitrogen and oxygen atoms in total. The Balaban J connectivity index is 0.00000192. The van der Waals surface area contributed by atoms with Crippen LogP contribution in [0.15, 0.2) is 36.7 Å². The first-order valence-corrected chi connectivity index (χ1v) is 7.13. The molecule has 1 N–H and O–H groups in total. The predicted octanol–water partition coefficient (Wildman–Crippen LogP) is 3.07. The minimum absolute atomic E-state index is 0. The van der Waals surface area contributed by atoms with Gasteiger partial charge in [-0.05, 0) is 17.7 Å². The van der Waals surface area contributed by atoms with Crippen LogP contribution in [0.1, 0.15) is 17.2 Å². The van der Waals surface area contributed by atoms with Crippen molar-refractivity contribution in [3.05, 3.63) is 65.2 Å². The molecule has 1 aliphatic heterocycles. The molecule has 1 aromatic heterocycles. The lowest BCUT2D eigenvalue weighted by atomic mass is 10.0. The zero-order chi connectivity index (χ0) is 15.5. The van der Waals surface area contributed by atoms with Gasteiger partial charge in [-0.2, -0.15) is 0 Å². The maximum absolute atomic E-state index is 13.9. The van der Waals surface area contributed by atoms with Crippen molar-refractivity contribution in [2.75, 3.05) is 19.6 Å². The molecule has 0 spiro atoms. The van der Waals surface area contributed by atoms with Crippen LogP contribution in [0.2, 0.25) is 0 Å². The molecule has 0 amide bonds. The molecule has 3 rings (SSSR count). The summed E-state index contributed by atoms with van der Waals surface area (Å²) in [5, 5.41) is 3.29. The molecule has 0 aliphatic carbocycles. The van der Waals surface area contributed by atoms with Gasteiger partial charge in [-0.15, -0.1) is 12.4 Å². The van der Waals surface area contributed by atoms with Crippen molar-refractivity contribution in [3.63, 3.8) is 0 Å². The Bertz CT molecular complexity index is 655. The van der Waals surface area contributed by atoms with E-state index in [0.29, 0.717) is 19.2 Å². The molecular weight excluding hydrogens is 327 g/mol. The summed E-state index contributed by atoms with van der Waals surface area (Å²) in [6.07, 6.45) is 3.46. The molecular formula is C16H17ClF3N3. The highest BCUT2D eigenvalue weighted by Gasteiger charge is 2.25. The molecule has 1 fully saturated rings. The molecule has 7 heteroatoms. The maximum atomic E-state index is 13.9. The lowest BCUT2D eigenvalue weighted by Gasteiger charge is -2.36. The number of rotatable bonds is 3. The van der Waals surface area contributed by atoms with Gasteiger partial charge < -0.3 is 5.32 Å². The van der Waals surface area contributed by atoms with Crippen LogP contribution in [0.5, 0.6) is 0 Å². The minimum Gasteiger partial charge on any atom is -0.314 e. The highest BCUT2D eigenvalue weighted by Crippen LogP contribution is 2.25. The van der Waals surface area contributed by atoms with Crippen molar-refractivity contribution in [3.8, 4) is 0 Å². The van der Waals surface area contributed by atoms with Crippen LogP contribution in [0.25, 0.3) is 0 Å². The molecule has 0 saturated carbocycles. The summed E-state index contributed by atoms with van der Waals surface area (Å²) >= 11 is 0. The van der Waals surface area contributed by atoms with Crippen molar-refractivity contribution >= 4 is 12.4 Å². The van der Waals surface area contributed by atoms with Crippen LogP contribution in [-0.4, -0.2) is 29.5 Å². The third kappa shape index (κ3) is 4.02. The molecule has 1 aliphatic rings. The van der Waals surface area contributed by atoms with Crippen LogP contribution in [0, 0.1) is 17.5 Å². The molecule has 0 bridgehead atoms. The second kappa shape index (κ2) is 7.77. The second-order valence-corrected chi connectivity index (χ2v) is 5.33. The van der Waals surface area contributed by atoms with E-state index in [1.54, 1.807) is 12.4 Å². The Morgan fingerprint density at radius 1 is 1.17 bits per heavy atom. The Morgan fingerprint density at radius 3 is 2.70 bits per heavy atom. The molecule has 1 atom stereocenters. The summed E-state index contributed by atoms with van der Waals surface area (Å²) < 4.78 is 40.2. The summed E-state index contributed by atoms with van der Waals surface area (Å²) in [5.41, 5.74) is 1.17. The summed E-state index contributed by atoms with van der Waals surface area (Å²) in [5.74, 6) is -2.91. The molecule has 2 aromatic rings. The normalized spacial score (nSPS) is 18.5. The van der Waals surface area contributed by atoms with Gasteiger partial charge in [-0.25, -0.2) is 13.2 Å². The Hall–Kier alpha value is -1.63. The largest absolute Gasteiger partial charge is 0.314 e. The number of benzene rings is 1. The number of halogens is 4. The van der Waals surface area contributed by atoms with Gasteiger partial charge in [0, 0.05) is 56.2 Å². The van der Waals surface area contributed by atoms with Gasteiger partial charge in [0.15, 0.2) is 11.6 Å². The molecule has 0 radical (unpaired) electrons. The van der Waals surface area contributed by atoms with E-state index in [4.69, 9.17) is 0 Å². The number of hydrogen-bond donors (Lipinski definition) is 1. The topological polar surface area (TPSA) is 28.2 Å². The van der Waals surface area contributed by atoms with Crippen molar-refractivity contribution < 1.29 is 13.2 Å². The van der Waals surface area contributed by atoms with Crippen molar-refractivity contribution in [2.24, 2.45) is 0 Å². The monoisotopic (exact) mass is 343 g/mol. The van der Waals surface area contributed by atoms with Gasteiger partial charge in [0.1, 0.15) is 5.82 Å². The zero-order valence-electron chi connectivity index (χ0n) is 12.3. The molecule has 124 valence electrons. The van der Waals surface area contributed by atoms with E-state index < -0.39 is 17.5 Å². The van der Waals surface area contributed by atoms with Crippen LogP contribution in [0.4, 0.5) is 13.2 Å². The number of piperazine rings is 1. The molecule has 1 aromatic carbocycles. The van der Waals surface area contributed by atoms with Gasteiger partial charge in [0.05, 0.1) is 0 Å². The van der Waals surface area contributed by atoms with Gasteiger partial charge in [-0.3, -0.25) is 9.88 Å². The quantitative estimate of drug-likeness (QED) is 0.868. The fourth-order valence-corrected chi connectivity index (χ4v) is 2.74. The minimum atomic E-state index is -1.16. The van der Waals surface area contributed by atoms with E-state index in [0.717, 1.165) is 18.2 Å². The van der Waals surface area contributed by atoms with E-state index in [1.165, 1.54) is 0 Å². The maximum Gasteiger partial charge on any atom is 0.161 e. The number of pyridine rings is 1. The first-order valence-electron chi connectivity index (χ1n) is 7.13. The van der Waals surface area contributed by atoms with E-state index in [-0.39, 0.29) is 30.6 Å². The van der Waals surface area contributed by atoms with Gasteiger partial charge in [0.25, 0.3) is 0 Å². The number of aromatic nitrogens is 1. The molecule has 23 heavy (non-hydrogen) atoms. The average molecular weight is 344 g/mol. The van der Waals surface area contributed by atoms with Crippen LogP contribution in [-0.2, 0) is 6.54 Å². The van der Waals surface area contributed by atoms with Crippen LogP contribution < -0.4 is 5.32 Å². The predicted molar refractivity (Wildman–Crippen MR) is 83.8 cm³/mol. The average Bonchev–Trinajstić information content (AvgIpc) is 2.54. The van der Waals surface area contributed by atoms with E-state index in [9.17, 15) is 13.2 Å². The van der Waals surface area contributed by atoms with Gasteiger partial charge >= 0.3 is 0 Å². The fraction of sp³-hybridized carbons (Fsp3) is 0.312. The summed E-state index contributed by atoms with van der Waals surface area (Å²) in [7, 11) is 0. The van der Waals surface area contributed by atoms with Crippen molar-refractivity contribution in [1.29, 1.82) is 0 Å². The third-order valence-electron chi connectivity index (χ3n) is 3.89. The first-order chi connectivity index (χ1) is 10.6. The number of hydrogen-bond acceptors (Lipinski definition) is 3. The number of nitrogens with one attached hydrogen (secondary N) is 1. The SMILES string of the molecule is Cl.Fc1cc(F)c(CN2CCNCC2c2cccnc2)cc1F. The molecule has 1 saturated heterocycles. The highest BCUT2D eigenvalue weighted by molar-refractivity contribution is 5.85. The summed E-state index contributed by atoms with van der Waals surface area (Å²) in [6, 6.07) is 5.37. The lowest BCUT2D eigenvalue weighted by molar-refractivity contribution is 0.151. The van der Waals surface area contributed by atoms with Crippen molar-refractivity contribution in [1.82, 2.24) is 15.2 Å². The summed E-state index contributed by atoms with van der Waals surface area (Å²) in [6.45, 7) is 2.39. The smallest absolute Gasteiger partial charge is 0.161 e. The van der Waals surface area contributed by atoms with Crippen LogP contribution in [0.3, 0.4) is 0 Å². The molecule has 2 heterocycles. The highest BCUT2D eigenvalue weighted by atomic mass is 35.5. The standard InChI is InChI=1S/C16H16F3N3.ClH/c17-13-7-15(19)14(18)6-12(13)10-22-5-4-21-9-16(22)11-2-1-3-20-8-11;/h1-3,6-8,16,21H,4-5,9-10H2;1H. The summed E-state index contributed by atoms with van der Waals surface area (Å²) in [4.78, 5) is 6.15. The van der Waals surface area contributed by atoms with Crippen LogP contribution >= 0.6 is 12.4 Å². The Labute approximate surface area is 138 Å². The van der Waals surface area contributed by atoms with E-state index >= 15 is 0 Å². The molecule has 1 unspecified atom stereocenters. The van der Waals surface area contributed by atoms with Gasteiger partial charge in [0.2, 0.25) is 0 Å². The Kier molecular flexibility index (Phi) is 5.98. The fourth-order valence-electron chi connectivity index (χ4n) is 2.74. The van der Waals surface area contributed by atoms with E-state index in [2.05, 4.69) is 10.3 Å².